The molecule has 2 aliphatic heterocycles. The van der Waals surface area contributed by atoms with Crippen LogP contribution in [0.1, 0.15) is 12.1 Å². The third-order valence-electron chi connectivity index (χ3n) is 4.34. The average Bonchev–Trinajstić information content (AvgIpc) is 2.87. The van der Waals surface area contributed by atoms with E-state index in [0.29, 0.717) is 31.1 Å². The monoisotopic (exact) mass is 314 g/mol. The number of likely N-dealkylation sites (tertiary alicyclic amines) is 1. The van der Waals surface area contributed by atoms with Gasteiger partial charge >= 0.3 is 0 Å². The van der Waals surface area contributed by atoms with Crippen molar-refractivity contribution in [3.05, 3.63) is 18.1 Å². The maximum Gasteiger partial charge on any atom is 0.227 e. The lowest BCUT2D eigenvalue weighted by molar-refractivity contribution is -0.133. The van der Waals surface area contributed by atoms with Gasteiger partial charge in [-0.3, -0.25) is 9.59 Å². The van der Waals surface area contributed by atoms with Gasteiger partial charge in [0.1, 0.15) is 6.07 Å². The Morgan fingerprint density at radius 3 is 2.65 bits per heavy atom. The van der Waals surface area contributed by atoms with Crippen LogP contribution in [0, 0.1) is 17.2 Å². The standard InChI is InChI=1S/C15H18N6O2/c1-19(2)15(23)10-5-13(22)21(7-10)11-8-20(9-11)14-12(6-16)17-3-4-18-14/h3-4,10-11H,5,7-9H2,1-2H3. The van der Waals surface area contributed by atoms with Gasteiger partial charge in [-0.15, -0.1) is 0 Å². The first kappa shape index (κ1) is 15.2. The second-order valence-electron chi connectivity index (χ2n) is 6.08. The lowest BCUT2D eigenvalue weighted by Crippen LogP contribution is -2.60. The summed E-state index contributed by atoms with van der Waals surface area (Å²) in [4.78, 5) is 37.6. The number of carbonyl (C=O) groups is 2. The molecular weight excluding hydrogens is 296 g/mol. The van der Waals surface area contributed by atoms with E-state index in [1.54, 1.807) is 25.2 Å². The predicted molar refractivity (Wildman–Crippen MR) is 81.3 cm³/mol. The normalized spacial score (nSPS) is 21.1. The molecule has 2 saturated heterocycles. The third-order valence-corrected chi connectivity index (χ3v) is 4.34. The Hall–Kier alpha value is -2.69. The number of anilines is 1. The SMILES string of the molecule is CN(C)C(=O)C1CC(=O)N(C2CN(c3nccnc3C#N)C2)C1. The maximum atomic E-state index is 12.2. The molecule has 2 amide bonds. The predicted octanol–water partition coefficient (Wildman–Crippen LogP) is -0.526. The second-order valence-corrected chi connectivity index (χ2v) is 6.08. The molecular formula is C15H18N6O2. The molecule has 2 fully saturated rings. The minimum absolute atomic E-state index is 0.00211. The zero-order valence-electron chi connectivity index (χ0n) is 13.1. The number of hydrogen-bond donors (Lipinski definition) is 0. The quantitative estimate of drug-likeness (QED) is 0.745. The largest absolute Gasteiger partial charge is 0.350 e. The lowest BCUT2D eigenvalue weighted by atomic mass is 10.1. The second kappa shape index (κ2) is 5.83. The van der Waals surface area contributed by atoms with E-state index in [4.69, 9.17) is 5.26 Å². The molecule has 0 radical (unpaired) electrons. The van der Waals surface area contributed by atoms with E-state index in [9.17, 15) is 9.59 Å². The Kier molecular flexibility index (Phi) is 3.86. The van der Waals surface area contributed by atoms with Gasteiger partial charge in [-0.25, -0.2) is 9.97 Å². The zero-order valence-corrected chi connectivity index (χ0v) is 13.1. The molecule has 0 spiro atoms. The molecule has 8 nitrogen and oxygen atoms in total. The van der Waals surface area contributed by atoms with E-state index in [0.717, 1.165) is 0 Å². The Morgan fingerprint density at radius 2 is 2.00 bits per heavy atom. The zero-order chi connectivity index (χ0) is 16.6. The fourth-order valence-corrected chi connectivity index (χ4v) is 3.08. The van der Waals surface area contributed by atoms with Crippen LogP contribution in [-0.2, 0) is 9.59 Å². The maximum absolute atomic E-state index is 12.2. The van der Waals surface area contributed by atoms with Crippen LogP contribution >= 0.6 is 0 Å². The molecule has 0 bridgehead atoms. The summed E-state index contributed by atoms with van der Waals surface area (Å²) < 4.78 is 0. The third kappa shape index (κ3) is 2.70. The van der Waals surface area contributed by atoms with Crippen LogP contribution < -0.4 is 4.90 Å². The molecule has 0 N–H and O–H groups in total. The van der Waals surface area contributed by atoms with E-state index in [1.165, 1.54) is 11.1 Å². The lowest BCUT2D eigenvalue weighted by Gasteiger charge is -2.44. The summed E-state index contributed by atoms with van der Waals surface area (Å²) in [5.41, 5.74) is 0.291. The molecule has 23 heavy (non-hydrogen) atoms. The smallest absolute Gasteiger partial charge is 0.227 e. The first-order valence-electron chi connectivity index (χ1n) is 7.48. The molecule has 1 unspecified atom stereocenters. The van der Waals surface area contributed by atoms with E-state index in [2.05, 4.69) is 9.97 Å². The van der Waals surface area contributed by atoms with Gasteiger partial charge in [0, 0.05) is 52.5 Å². The van der Waals surface area contributed by atoms with E-state index in [-0.39, 0.29) is 30.2 Å². The van der Waals surface area contributed by atoms with Crippen LogP contribution in [0.2, 0.25) is 0 Å². The highest BCUT2D eigenvalue weighted by atomic mass is 16.2. The number of aromatic nitrogens is 2. The summed E-state index contributed by atoms with van der Waals surface area (Å²) in [5, 5.41) is 9.07. The molecule has 8 heteroatoms. The Morgan fingerprint density at radius 1 is 1.30 bits per heavy atom. The van der Waals surface area contributed by atoms with Crippen LogP contribution in [0.25, 0.3) is 0 Å². The van der Waals surface area contributed by atoms with Gasteiger partial charge in [-0.1, -0.05) is 0 Å². The number of nitriles is 1. The molecule has 0 aliphatic carbocycles. The van der Waals surface area contributed by atoms with E-state index in [1.807, 2.05) is 11.0 Å². The van der Waals surface area contributed by atoms with Crippen LogP contribution in [0.3, 0.4) is 0 Å². The molecule has 1 aromatic heterocycles. The summed E-state index contributed by atoms with van der Waals surface area (Å²) in [6.07, 6.45) is 3.32. The van der Waals surface area contributed by atoms with E-state index >= 15 is 0 Å². The molecule has 0 aromatic carbocycles. The molecule has 1 aromatic rings. The minimum Gasteiger partial charge on any atom is -0.350 e. The number of rotatable bonds is 3. The summed E-state index contributed by atoms with van der Waals surface area (Å²) in [6, 6.07) is 2.09. The average molecular weight is 314 g/mol. The van der Waals surface area contributed by atoms with Crippen molar-refractivity contribution in [3.63, 3.8) is 0 Å². The number of nitrogens with zero attached hydrogens (tertiary/aromatic N) is 6. The van der Waals surface area contributed by atoms with Crippen LogP contribution in [-0.4, -0.2) is 71.4 Å². The molecule has 3 heterocycles. The van der Waals surface area contributed by atoms with Crippen molar-refractivity contribution < 1.29 is 9.59 Å². The fourth-order valence-electron chi connectivity index (χ4n) is 3.08. The number of hydrogen-bond acceptors (Lipinski definition) is 6. The van der Waals surface area contributed by atoms with Gasteiger partial charge in [-0.2, -0.15) is 5.26 Å². The van der Waals surface area contributed by atoms with Crippen molar-refractivity contribution in [2.24, 2.45) is 5.92 Å². The Balaban J connectivity index is 1.63. The van der Waals surface area contributed by atoms with Gasteiger partial charge in [0.2, 0.25) is 11.8 Å². The van der Waals surface area contributed by atoms with Crippen molar-refractivity contribution in [2.75, 3.05) is 38.6 Å². The summed E-state index contributed by atoms with van der Waals surface area (Å²) in [7, 11) is 3.41. The first-order valence-corrected chi connectivity index (χ1v) is 7.48. The number of carbonyl (C=O) groups excluding carboxylic acids is 2. The summed E-state index contributed by atoms with van der Waals surface area (Å²) >= 11 is 0. The summed E-state index contributed by atoms with van der Waals surface area (Å²) in [5.74, 6) is 0.323. The Bertz CT molecular complexity index is 677. The van der Waals surface area contributed by atoms with Crippen LogP contribution in [0.15, 0.2) is 12.4 Å². The fraction of sp³-hybridized carbons (Fsp3) is 0.533. The van der Waals surface area contributed by atoms with Crippen molar-refractivity contribution in [1.29, 1.82) is 5.26 Å². The van der Waals surface area contributed by atoms with Gasteiger partial charge in [0.15, 0.2) is 11.5 Å². The first-order chi connectivity index (χ1) is 11.0. The molecule has 2 aliphatic rings. The molecule has 120 valence electrons. The minimum atomic E-state index is -0.252. The van der Waals surface area contributed by atoms with Crippen molar-refractivity contribution in [3.8, 4) is 6.07 Å². The topological polar surface area (TPSA) is 93.4 Å². The van der Waals surface area contributed by atoms with Crippen LogP contribution in [0.5, 0.6) is 0 Å². The Labute approximate surface area is 134 Å². The van der Waals surface area contributed by atoms with Gasteiger partial charge < -0.3 is 14.7 Å². The van der Waals surface area contributed by atoms with Crippen molar-refractivity contribution in [2.45, 2.75) is 12.5 Å². The summed E-state index contributed by atoms with van der Waals surface area (Å²) in [6.45, 7) is 1.70. The van der Waals surface area contributed by atoms with Crippen molar-refractivity contribution >= 4 is 17.6 Å². The van der Waals surface area contributed by atoms with Gasteiger partial charge in [0.05, 0.1) is 12.0 Å². The highest BCUT2D eigenvalue weighted by molar-refractivity contribution is 5.89. The highest BCUT2D eigenvalue weighted by Crippen LogP contribution is 2.28. The number of amides is 2. The van der Waals surface area contributed by atoms with Crippen molar-refractivity contribution in [1.82, 2.24) is 19.8 Å². The highest BCUT2D eigenvalue weighted by Gasteiger charge is 2.43. The molecule has 0 saturated carbocycles. The van der Waals surface area contributed by atoms with E-state index < -0.39 is 0 Å². The molecule has 1 atom stereocenters. The van der Waals surface area contributed by atoms with Gasteiger partial charge in [-0.05, 0) is 0 Å². The van der Waals surface area contributed by atoms with Crippen LogP contribution in [0.4, 0.5) is 5.82 Å². The molecule has 3 rings (SSSR count). The van der Waals surface area contributed by atoms with Gasteiger partial charge in [0.25, 0.3) is 0 Å².